The number of carbonyl (C=O) groups is 1. The molecule has 0 bridgehead atoms. The summed E-state index contributed by atoms with van der Waals surface area (Å²) in [6, 6.07) is 16.6. The van der Waals surface area contributed by atoms with Gasteiger partial charge < -0.3 is 9.88 Å². The van der Waals surface area contributed by atoms with Gasteiger partial charge in [0.1, 0.15) is 0 Å². The van der Waals surface area contributed by atoms with Gasteiger partial charge in [0.25, 0.3) is 0 Å². The molecule has 23 heavy (non-hydrogen) atoms. The first-order valence-corrected chi connectivity index (χ1v) is 7.98. The van der Waals surface area contributed by atoms with Crippen LogP contribution in [0.2, 0.25) is 0 Å². The van der Waals surface area contributed by atoms with E-state index in [2.05, 4.69) is 59.4 Å². The lowest BCUT2D eigenvalue weighted by molar-refractivity contribution is -0.121. The summed E-state index contributed by atoms with van der Waals surface area (Å²) in [4.78, 5) is 12.1. The highest BCUT2D eigenvalue weighted by Gasteiger charge is 2.05. The van der Waals surface area contributed by atoms with Gasteiger partial charge in [0.2, 0.25) is 5.91 Å². The number of aryl methyl sites for hydroxylation is 3. The maximum Gasteiger partial charge on any atom is 0.220 e. The van der Waals surface area contributed by atoms with Crippen molar-refractivity contribution in [2.24, 2.45) is 7.05 Å². The number of hydrogen-bond donors (Lipinski definition) is 1. The summed E-state index contributed by atoms with van der Waals surface area (Å²) in [6.07, 6.45) is 3.35. The molecule has 1 heterocycles. The van der Waals surface area contributed by atoms with Crippen LogP contribution in [0.1, 0.15) is 23.1 Å². The molecule has 0 saturated heterocycles. The Morgan fingerprint density at radius 1 is 1.13 bits per heavy atom. The van der Waals surface area contributed by atoms with E-state index in [9.17, 15) is 4.79 Å². The van der Waals surface area contributed by atoms with Crippen molar-refractivity contribution >= 4 is 16.8 Å². The first kappa shape index (κ1) is 15.3. The topological polar surface area (TPSA) is 34.0 Å². The molecule has 0 atom stereocenters. The quantitative estimate of drug-likeness (QED) is 0.765. The van der Waals surface area contributed by atoms with Crippen molar-refractivity contribution in [2.75, 3.05) is 0 Å². The number of benzene rings is 2. The van der Waals surface area contributed by atoms with E-state index in [1.807, 2.05) is 19.2 Å². The molecular weight excluding hydrogens is 284 g/mol. The third-order valence-corrected chi connectivity index (χ3v) is 4.33. The standard InChI is InChI=1S/C20H22N2O/c1-15-5-3-4-6-18(15)14-21-20(23)10-8-16-7-9-19-17(13-16)11-12-22(19)2/h3-7,9,11-13H,8,10,14H2,1-2H3,(H,21,23). The van der Waals surface area contributed by atoms with E-state index >= 15 is 0 Å². The van der Waals surface area contributed by atoms with Crippen molar-refractivity contribution in [3.8, 4) is 0 Å². The van der Waals surface area contributed by atoms with E-state index in [1.54, 1.807) is 0 Å². The van der Waals surface area contributed by atoms with E-state index in [1.165, 1.54) is 27.6 Å². The van der Waals surface area contributed by atoms with Crippen molar-refractivity contribution < 1.29 is 4.79 Å². The van der Waals surface area contributed by atoms with Crippen molar-refractivity contribution in [2.45, 2.75) is 26.3 Å². The van der Waals surface area contributed by atoms with Crippen LogP contribution in [0.3, 0.4) is 0 Å². The molecule has 118 valence electrons. The molecule has 3 nitrogen and oxygen atoms in total. The minimum absolute atomic E-state index is 0.0985. The minimum Gasteiger partial charge on any atom is -0.352 e. The van der Waals surface area contributed by atoms with Gasteiger partial charge in [-0.05, 0) is 53.6 Å². The van der Waals surface area contributed by atoms with Crippen LogP contribution in [-0.2, 0) is 24.8 Å². The lowest BCUT2D eigenvalue weighted by Gasteiger charge is -2.08. The molecule has 1 amide bonds. The first-order chi connectivity index (χ1) is 11.1. The average molecular weight is 306 g/mol. The van der Waals surface area contributed by atoms with Crippen molar-refractivity contribution in [3.63, 3.8) is 0 Å². The Hall–Kier alpha value is -2.55. The highest BCUT2D eigenvalue weighted by Crippen LogP contribution is 2.17. The number of nitrogens with zero attached hydrogens (tertiary/aromatic N) is 1. The van der Waals surface area contributed by atoms with Gasteiger partial charge >= 0.3 is 0 Å². The summed E-state index contributed by atoms with van der Waals surface area (Å²) < 4.78 is 2.11. The van der Waals surface area contributed by atoms with Crippen LogP contribution >= 0.6 is 0 Å². The summed E-state index contributed by atoms with van der Waals surface area (Å²) in [5, 5.41) is 4.24. The molecule has 3 heteroatoms. The Bertz CT molecular complexity index is 833. The fourth-order valence-electron chi connectivity index (χ4n) is 2.84. The van der Waals surface area contributed by atoms with E-state index < -0.39 is 0 Å². The average Bonchev–Trinajstić information content (AvgIpc) is 2.93. The SMILES string of the molecule is Cc1ccccc1CNC(=O)CCc1ccc2c(ccn2C)c1. The number of amides is 1. The summed E-state index contributed by atoms with van der Waals surface area (Å²) >= 11 is 0. The van der Waals surface area contributed by atoms with E-state index in [0.29, 0.717) is 13.0 Å². The summed E-state index contributed by atoms with van der Waals surface area (Å²) in [7, 11) is 2.04. The third kappa shape index (κ3) is 3.62. The van der Waals surface area contributed by atoms with Crippen LogP contribution in [0, 0.1) is 6.92 Å². The van der Waals surface area contributed by atoms with Gasteiger partial charge in [-0.25, -0.2) is 0 Å². The number of fused-ring (bicyclic) bond motifs is 1. The van der Waals surface area contributed by atoms with Crippen LogP contribution in [-0.4, -0.2) is 10.5 Å². The van der Waals surface area contributed by atoms with Crippen LogP contribution < -0.4 is 5.32 Å². The molecule has 0 aliphatic carbocycles. The monoisotopic (exact) mass is 306 g/mol. The zero-order chi connectivity index (χ0) is 16.2. The largest absolute Gasteiger partial charge is 0.352 e. The maximum atomic E-state index is 12.1. The van der Waals surface area contributed by atoms with Gasteiger partial charge in [0.05, 0.1) is 0 Å². The second-order valence-electron chi connectivity index (χ2n) is 6.02. The van der Waals surface area contributed by atoms with Gasteiger partial charge in [-0.15, -0.1) is 0 Å². The molecule has 0 aliphatic heterocycles. The smallest absolute Gasteiger partial charge is 0.220 e. The van der Waals surface area contributed by atoms with Crippen molar-refractivity contribution in [1.82, 2.24) is 9.88 Å². The van der Waals surface area contributed by atoms with Crippen LogP contribution in [0.5, 0.6) is 0 Å². The van der Waals surface area contributed by atoms with Crippen molar-refractivity contribution in [1.29, 1.82) is 0 Å². The maximum absolute atomic E-state index is 12.1. The molecule has 3 rings (SSSR count). The Morgan fingerprint density at radius 2 is 1.96 bits per heavy atom. The van der Waals surface area contributed by atoms with E-state index in [4.69, 9.17) is 0 Å². The van der Waals surface area contributed by atoms with Crippen LogP contribution in [0.4, 0.5) is 0 Å². The lowest BCUT2D eigenvalue weighted by atomic mass is 10.1. The van der Waals surface area contributed by atoms with E-state index in [-0.39, 0.29) is 5.91 Å². The molecule has 1 N–H and O–H groups in total. The van der Waals surface area contributed by atoms with Gasteiger partial charge in [-0.1, -0.05) is 30.3 Å². The third-order valence-electron chi connectivity index (χ3n) is 4.33. The molecule has 3 aromatic rings. The molecule has 1 aromatic heterocycles. The second-order valence-corrected chi connectivity index (χ2v) is 6.02. The van der Waals surface area contributed by atoms with Gasteiger partial charge in [0, 0.05) is 31.7 Å². The predicted octanol–water partition coefficient (Wildman–Crippen LogP) is 3.74. The number of aromatic nitrogens is 1. The molecular formula is C20H22N2O. The van der Waals surface area contributed by atoms with Crippen LogP contribution in [0.25, 0.3) is 10.9 Å². The molecule has 0 spiro atoms. The molecule has 0 saturated carbocycles. The van der Waals surface area contributed by atoms with Gasteiger partial charge in [-0.2, -0.15) is 0 Å². The summed E-state index contributed by atoms with van der Waals surface area (Å²) in [6.45, 7) is 2.67. The Labute approximate surface area is 136 Å². The number of carbonyl (C=O) groups excluding carboxylic acids is 1. The predicted molar refractivity (Wildman–Crippen MR) is 94.3 cm³/mol. The normalized spacial score (nSPS) is 10.9. The molecule has 2 aromatic carbocycles. The van der Waals surface area contributed by atoms with Gasteiger partial charge in [-0.3, -0.25) is 4.79 Å². The fraction of sp³-hybridized carbons (Fsp3) is 0.250. The first-order valence-electron chi connectivity index (χ1n) is 7.98. The fourth-order valence-corrected chi connectivity index (χ4v) is 2.84. The number of rotatable bonds is 5. The highest BCUT2D eigenvalue weighted by atomic mass is 16.1. The zero-order valence-corrected chi connectivity index (χ0v) is 13.7. The van der Waals surface area contributed by atoms with Gasteiger partial charge in [0.15, 0.2) is 0 Å². The lowest BCUT2D eigenvalue weighted by Crippen LogP contribution is -2.23. The Balaban J connectivity index is 1.54. The molecule has 0 fully saturated rings. The van der Waals surface area contributed by atoms with Crippen LogP contribution in [0.15, 0.2) is 54.7 Å². The highest BCUT2D eigenvalue weighted by molar-refractivity contribution is 5.81. The second kappa shape index (κ2) is 6.69. The summed E-state index contributed by atoms with van der Waals surface area (Å²) in [5.41, 5.74) is 4.81. The van der Waals surface area contributed by atoms with Crippen molar-refractivity contribution in [3.05, 3.63) is 71.4 Å². The summed E-state index contributed by atoms with van der Waals surface area (Å²) in [5.74, 6) is 0.0985. The minimum atomic E-state index is 0.0985. The zero-order valence-electron chi connectivity index (χ0n) is 13.7. The Kier molecular flexibility index (Phi) is 4.47. The molecule has 0 radical (unpaired) electrons. The molecule has 0 unspecified atom stereocenters. The number of nitrogens with one attached hydrogen (secondary N) is 1. The number of hydrogen-bond acceptors (Lipinski definition) is 1. The molecule has 0 aliphatic rings. The van der Waals surface area contributed by atoms with E-state index in [0.717, 1.165) is 6.42 Å². The Morgan fingerprint density at radius 3 is 2.78 bits per heavy atom.